The summed E-state index contributed by atoms with van der Waals surface area (Å²) in [5.41, 5.74) is 5.31. The van der Waals surface area contributed by atoms with E-state index in [2.05, 4.69) is 27.4 Å². The van der Waals surface area contributed by atoms with Crippen LogP contribution in [0.25, 0.3) is 0 Å². The molecule has 0 saturated heterocycles. The summed E-state index contributed by atoms with van der Waals surface area (Å²) in [6, 6.07) is 7.60. The summed E-state index contributed by atoms with van der Waals surface area (Å²) in [4.78, 5) is 15.7. The fourth-order valence-electron chi connectivity index (χ4n) is 1.83. The third-order valence-corrected chi connectivity index (χ3v) is 3.73. The second-order valence-electron chi connectivity index (χ2n) is 4.89. The number of ether oxygens (including phenoxy) is 1. The highest BCUT2D eigenvalue weighted by molar-refractivity contribution is 7.13. The number of esters is 1. The number of nitrogens with one attached hydrogen (secondary N) is 1. The Kier molecular flexibility index (Phi) is 7.63. The van der Waals surface area contributed by atoms with E-state index in [4.69, 9.17) is 9.84 Å². The monoisotopic (exact) mass is 357 g/mol. The van der Waals surface area contributed by atoms with Crippen molar-refractivity contribution in [2.24, 2.45) is 5.10 Å². The molecule has 6 nitrogen and oxygen atoms in total. The van der Waals surface area contributed by atoms with Crippen molar-refractivity contribution in [1.29, 1.82) is 0 Å². The van der Waals surface area contributed by atoms with E-state index in [1.54, 1.807) is 18.5 Å². The normalized spacial score (nSPS) is 10.3. The lowest BCUT2D eigenvalue weighted by Gasteiger charge is -1.98. The topological polar surface area (TPSA) is 83.8 Å². The number of rotatable bonds is 7. The van der Waals surface area contributed by atoms with Crippen molar-refractivity contribution in [3.63, 3.8) is 0 Å². The molecular weight excluding hydrogens is 338 g/mol. The van der Waals surface area contributed by atoms with Crippen LogP contribution in [0.1, 0.15) is 30.2 Å². The van der Waals surface area contributed by atoms with Gasteiger partial charge in [0.25, 0.3) is 0 Å². The van der Waals surface area contributed by atoms with E-state index in [1.807, 2.05) is 24.3 Å². The molecule has 2 aromatic rings. The number of thiazole rings is 1. The molecule has 0 aliphatic heterocycles. The summed E-state index contributed by atoms with van der Waals surface area (Å²) >= 11 is 1.38. The van der Waals surface area contributed by atoms with Gasteiger partial charge in [0.2, 0.25) is 5.13 Å². The smallest absolute Gasteiger partial charge is 0.311 e. The minimum atomic E-state index is -0.287. The Morgan fingerprint density at radius 1 is 1.44 bits per heavy atom. The molecule has 1 heterocycles. The number of hydrazone groups is 1. The van der Waals surface area contributed by atoms with Crippen LogP contribution in [0.3, 0.4) is 0 Å². The molecule has 0 saturated carbocycles. The molecule has 0 unspecified atom stereocenters. The SMILES string of the molecule is CCOC(=O)Cc1csc(NN=Cc2ccc(C#CCCO)cc2)n1. The fourth-order valence-corrected chi connectivity index (χ4v) is 2.49. The van der Waals surface area contributed by atoms with E-state index in [0.29, 0.717) is 23.9 Å². The van der Waals surface area contributed by atoms with E-state index in [1.165, 1.54) is 11.3 Å². The Morgan fingerprint density at radius 2 is 2.24 bits per heavy atom. The Hall–Kier alpha value is -2.69. The third-order valence-electron chi connectivity index (χ3n) is 2.94. The molecule has 1 aromatic heterocycles. The zero-order valence-electron chi connectivity index (χ0n) is 13.9. The van der Waals surface area contributed by atoms with Crippen molar-refractivity contribution < 1.29 is 14.6 Å². The molecule has 0 bridgehead atoms. The third kappa shape index (κ3) is 6.75. The summed E-state index contributed by atoms with van der Waals surface area (Å²) in [6.45, 7) is 2.21. The van der Waals surface area contributed by atoms with Crippen LogP contribution in [-0.2, 0) is 16.0 Å². The van der Waals surface area contributed by atoms with E-state index < -0.39 is 0 Å². The molecule has 0 aliphatic rings. The van der Waals surface area contributed by atoms with Gasteiger partial charge in [-0.15, -0.1) is 11.3 Å². The highest BCUT2D eigenvalue weighted by Crippen LogP contribution is 2.16. The number of carbonyl (C=O) groups excluding carboxylic acids is 1. The number of aliphatic hydroxyl groups excluding tert-OH is 1. The van der Waals surface area contributed by atoms with Crippen LogP contribution in [0.15, 0.2) is 34.7 Å². The van der Waals surface area contributed by atoms with E-state index >= 15 is 0 Å². The van der Waals surface area contributed by atoms with Gasteiger partial charge in [-0.3, -0.25) is 10.2 Å². The first kappa shape index (κ1) is 18.6. The van der Waals surface area contributed by atoms with Gasteiger partial charge in [0.1, 0.15) is 0 Å². The minimum absolute atomic E-state index is 0.0711. The molecule has 2 rings (SSSR count). The lowest BCUT2D eigenvalue weighted by atomic mass is 10.1. The van der Waals surface area contributed by atoms with Crippen molar-refractivity contribution in [1.82, 2.24) is 4.98 Å². The maximum absolute atomic E-state index is 11.4. The minimum Gasteiger partial charge on any atom is -0.466 e. The van der Waals surface area contributed by atoms with Crippen LogP contribution >= 0.6 is 11.3 Å². The maximum Gasteiger partial charge on any atom is 0.311 e. The van der Waals surface area contributed by atoms with Crippen molar-refractivity contribution in [2.45, 2.75) is 19.8 Å². The average Bonchev–Trinajstić information content (AvgIpc) is 3.04. The van der Waals surface area contributed by atoms with Crippen LogP contribution in [0.5, 0.6) is 0 Å². The molecule has 0 fully saturated rings. The maximum atomic E-state index is 11.4. The van der Waals surface area contributed by atoms with Gasteiger partial charge < -0.3 is 9.84 Å². The highest BCUT2D eigenvalue weighted by Gasteiger charge is 2.07. The van der Waals surface area contributed by atoms with Gasteiger partial charge in [-0.25, -0.2) is 4.98 Å². The predicted molar refractivity (Wildman–Crippen MR) is 98.7 cm³/mol. The van der Waals surface area contributed by atoms with Crippen LogP contribution in [-0.4, -0.2) is 35.5 Å². The second kappa shape index (κ2) is 10.2. The summed E-state index contributed by atoms with van der Waals surface area (Å²) in [5, 5.41) is 15.2. The number of hydrogen-bond donors (Lipinski definition) is 2. The highest BCUT2D eigenvalue weighted by atomic mass is 32.1. The largest absolute Gasteiger partial charge is 0.466 e. The second-order valence-corrected chi connectivity index (χ2v) is 5.75. The molecule has 0 spiro atoms. The molecule has 2 N–H and O–H groups in total. The summed E-state index contributed by atoms with van der Waals surface area (Å²) in [6.07, 6.45) is 2.31. The van der Waals surface area contributed by atoms with Gasteiger partial charge in [-0.05, 0) is 24.6 Å². The number of anilines is 1. The number of aromatic nitrogens is 1. The number of nitrogens with zero attached hydrogens (tertiary/aromatic N) is 2. The molecular formula is C18H19N3O3S. The van der Waals surface area contributed by atoms with Crippen LogP contribution in [0.2, 0.25) is 0 Å². The molecule has 0 amide bonds. The molecule has 1 aromatic carbocycles. The average molecular weight is 357 g/mol. The standard InChI is InChI=1S/C18H19N3O3S/c1-2-24-17(23)11-16-13-25-18(20-16)21-19-12-15-8-6-14(7-9-15)5-3-4-10-22/h6-9,12-13,22H,2,4,10-11H2,1H3,(H,20,21). The molecule has 7 heteroatoms. The van der Waals surface area contributed by atoms with Gasteiger partial charge in [-0.2, -0.15) is 5.10 Å². The first-order chi connectivity index (χ1) is 12.2. The lowest BCUT2D eigenvalue weighted by molar-refractivity contribution is -0.142. The Bertz CT molecular complexity index is 773. The van der Waals surface area contributed by atoms with Crippen molar-refractivity contribution in [3.05, 3.63) is 46.5 Å². The van der Waals surface area contributed by atoms with Crippen LogP contribution in [0, 0.1) is 11.8 Å². The van der Waals surface area contributed by atoms with Gasteiger partial charge in [0.05, 0.1) is 31.5 Å². The quantitative estimate of drug-likeness (QED) is 0.344. The lowest BCUT2D eigenvalue weighted by Crippen LogP contribution is -2.07. The summed E-state index contributed by atoms with van der Waals surface area (Å²) in [7, 11) is 0. The van der Waals surface area contributed by atoms with Crippen molar-refractivity contribution in [3.8, 4) is 11.8 Å². The molecule has 25 heavy (non-hydrogen) atoms. The summed E-state index contributed by atoms with van der Waals surface area (Å²) < 4.78 is 4.89. The molecule has 0 radical (unpaired) electrons. The van der Waals surface area contributed by atoms with E-state index in [0.717, 1.165) is 11.1 Å². The Morgan fingerprint density at radius 3 is 2.96 bits per heavy atom. The fraction of sp³-hybridized carbons (Fsp3) is 0.278. The Labute approximate surface area is 150 Å². The number of benzene rings is 1. The van der Waals surface area contributed by atoms with Gasteiger partial charge in [0.15, 0.2) is 0 Å². The number of aliphatic hydroxyl groups is 1. The molecule has 130 valence electrons. The first-order valence-corrected chi connectivity index (χ1v) is 8.68. The predicted octanol–water partition coefficient (Wildman–Crippen LogP) is 2.43. The zero-order valence-corrected chi connectivity index (χ0v) is 14.7. The molecule has 0 atom stereocenters. The van der Waals surface area contributed by atoms with Gasteiger partial charge >= 0.3 is 5.97 Å². The zero-order chi connectivity index (χ0) is 17.9. The number of carbonyl (C=O) groups is 1. The van der Waals surface area contributed by atoms with E-state index in [-0.39, 0.29) is 19.0 Å². The molecule has 0 aliphatic carbocycles. The Balaban J connectivity index is 1.86. The van der Waals surface area contributed by atoms with Crippen molar-refractivity contribution >= 4 is 28.7 Å². The van der Waals surface area contributed by atoms with E-state index in [9.17, 15) is 4.79 Å². The van der Waals surface area contributed by atoms with Gasteiger partial charge in [-0.1, -0.05) is 24.0 Å². The van der Waals surface area contributed by atoms with Gasteiger partial charge in [0, 0.05) is 17.4 Å². The number of hydrogen-bond acceptors (Lipinski definition) is 7. The summed E-state index contributed by atoms with van der Waals surface area (Å²) in [5.74, 6) is 5.55. The van der Waals surface area contributed by atoms with Crippen molar-refractivity contribution in [2.75, 3.05) is 18.6 Å². The first-order valence-electron chi connectivity index (χ1n) is 7.80. The van der Waals surface area contributed by atoms with Crippen LogP contribution in [0.4, 0.5) is 5.13 Å². The van der Waals surface area contributed by atoms with Crippen LogP contribution < -0.4 is 5.43 Å².